The Bertz CT molecular complexity index is 763. The Morgan fingerprint density at radius 2 is 1.76 bits per heavy atom. The van der Waals surface area contributed by atoms with Crippen LogP contribution in [0.25, 0.3) is 0 Å². The average molecular weight is 331 g/mol. The fraction of sp³-hybridized carbons (Fsp3) is 0.167. The number of anilines is 1. The van der Waals surface area contributed by atoms with Crippen molar-refractivity contribution in [2.24, 2.45) is 0 Å². The summed E-state index contributed by atoms with van der Waals surface area (Å²) in [5.74, 6) is -0.872. The molecule has 0 aliphatic carbocycles. The van der Waals surface area contributed by atoms with Crippen molar-refractivity contribution in [2.45, 2.75) is 18.7 Å². The van der Waals surface area contributed by atoms with E-state index >= 15 is 0 Å². The van der Waals surface area contributed by atoms with E-state index in [9.17, 15) is 12.8 Å². The number of sulfonamides is 1. The van der Waals surface area contributed by atoms with Gasteiger partial charge in [0.15, 0.2) is 0 Å². The summed E-state index contributed by atoms with van der Waals surface area (Å²) in [4.78, 5) is 9.50. The second-order valence-electron chi connectivity index (χ2n) is 4.28. The smallest absolute Gasteiger partial charge is 0.260 e. The summed E-state index contributed by atoms with van der Waals surface area (Å²) in [6, 6.07) is 5.01. The van der Waals surface area contributed by atoms with Crippen molar-refractivity contribution in [1.82, 2.24) is 14.8 Å². The molecule has 0 unspecified atom stereocenters. The van der Waals surface area contributed by atoms with Crippen molar-refractivity contribution in [2.75, 3.05) is 5.43 Å². The van der Waals surface area contributed by atoms with Crippen LogP contribution in [0, 0.1) is 19.7 Å². The molecule has 1 heterocycles. The number of aryl methyl sites for hydroxylation is 2. The van der Waals surface area contributed by atoms with Gasteiger partial charge in [-0.1, -0.05) is 11.6 Å². The van der Waals surface area contributed by atoms with E-state index in [1.54, 1.807) is 19.9 Å². The Balaban J connectivity index is 2.21. The molecule has 1 aromatic heterocycles. The van der Waals surface area contributed by atoms with E-state index in [0.717, 1.165) is 12.1 Å². The molecule has 0 bridgehead atoms. The Morgan fingerprint density at radius 3 is 2.33 bits per heavy atom. The summed E-state index contributed by atoms with van der Waals surface area (Å²) < 4.78 is 37.6. The zero-order valence-electron chi connectivity index (χ0n) is 11.2. The van der Waals surface area contributed by atoms with Gasteiger partial charge in [0.05, 0.1) is 0 Å². The Morgan fingerprint density at radius 1 is 1.14 bits per heavy atom. The number of nitrogens with zero attached hydrogens (tertiary/aromatic N) is 2. The third-order valence-corrected chi connectivity index (χ3v) is 3.98. The van der Waals surface area contributed by atoms with Gasteiger partial charge in [-0.05, 0) is 38.1 Å². The third kappa shape index (κ3) is 3.87. The first kappa shape index (κ1) is 15.6. The van der Waals surface area contributed by atoms with Crippen LogP contribution in [0.5, 0.6) is 0 Å². The van der Waals surface area contributed by atoms with E-state index in [0.29, 0.717) is 11.4 Å². The fourth-order valence-corrected chi connectivity index (χ4v) is 2.70. The van der Waals surface area contributed by atoms with Crippen LogP contribution >= 0.6 is 11.6 Å². The van der Waals surface area contributed by atoms with Crippen molar-refractivity contribution in [3.63, 3.8) is 0 Å². The van der Waals surface area contributed by atoms with Gasteiger partial charge in [0.2, 0.25) is 5.95 Å². The van der Waals surface area contributed by atoms with Crippen LogP contribution in [0.2, 0.25) is 5.02 Å². The highest BCUT2D eigenvalue weighted by Gasteiger charge is 2.19. The molecular weight excluding hydrogens is 319 g/mol. The largest absolute Gasteiger partial charge is 0.276 e. The molecule has 0 amide bonds. The lowest BCUT2D eigenvalue weighted by Crippen LogP contribution is -2.31. The van der Waals surface area contributed by atoms with Crippen molar-refractivity contribution < 1.29 is 12.8 Å². The van der Waals surface area contributed by atoms with Gasteiger partial charge >= 0.3 is 0 Å². The van der Waals surface area contributed by atoms with Crippen molar-refractivity contribution in [1.29, 1.82) is 0 Å². The minimum atomic E-state index is -4.11. The quantitative estimate of drug-likeness (QED) is 0.839. The molecule has 2 N–H and O–H groups in total. The van der Waals surface area contributed by atoms with Gasteiger partial charge in [-0.25, -0.2) is 22.8 Å². The van der Waals surface area contributed by atoms with E-state index < -0.39 is 20.7 Å². The van der Waals surface area contributed by atoms with Crippen LogP contribution in [0.3, 0.4) is 0 Å². The van der Waals surface area contributed by atoms with E-state index in [4.69, 9.17) is 11.6 Å². The van der Waals surface area contributed by atoms with Gasteiger partial charge in [-0.3, -0.25) is 5.43 Å². The van der Waals surface area contributed by atoms with Crippen molar-refractivity contribution in [3.8, 4) is 0 Å². The molecule has 21 heavy (non-hydrogen) atoms. The maximum absolute atomic E-state index is 13.6. The highest BCUT2D eigenvalue weighted by Crippen LogP contribution is 2.18. The summed E-state index contributed by atoms with van der Waals surface area (Å²) in [6.07, 6.45) is 0. The first-order chi connectivity index (χ1) is 9.78. The van der Waals surface area contributed by atoms with E-state index in [2.05, 4.69) is 15.4 Å². The number of hydrazine groups is 1. The number of benzene rings is 1. The number of aromatic nitrogens is 2. The van der Waals surface area contributed by atoms with Crippen LogP contribution in [0.1, 0.15) is 11.4 Å². The molecule has 2 aromatic rings. The molecule has 0 aliphatic rings. The van der Waals surface area contributed by atoms with Crippen molar-refractivity contribution in [3.05, 3.63) is 46.5 Å². The van der Waals surface area contributed by atoms with E-state index in [-0.39, 0.29) is 11.0 Å². The lowest BCUT2D eigenvalue weighted by atomic mass is 10.3. The molecule has 0 atom stereocenters. The van der Waals surface area contributed by atoms with E-state index in [1.165, 1.54) is 6.07 Å². The maximum atomic E-state index is 13.6. The van der Waals surface area contributed by atoms with Crippen LogP contribution < -0.4 is 10.3 Å². The van der Waals surface area contributed by atoms with Gasteiger partial charge in [0, 0.05) is 16.4 Å². The molecule has 112 valence electrons. The first-order valence-corrected chi connectivity index (χ1v) is 7.69. The number of hydrogen-bond donors (Lipinski definition) is 2. The minimum Gasteiger partial charge on any atom is -0.276 e. The standard InChI is InChI=1S/C12H12ClFN4O2S/c1-7-5-8(2)16-12(15-7)17-18-21(19,20)11-4-3-9(13)6-10(11)14/h3-6,18H,1-2H3,(H,15,16,17). The van der Waals surface area contributed by atoms with Gasteiger partial charge in [0.25, 0.3) is 10.0 Å². The minimum absolute atomic E-state index is 0.0745. The number of hydrogen-bond acceptors (Lipinski definition) is 5. The Hall–Kier alpha value is -1.77. The summed E-state index contributed by atoms with van der Waals surface area (Å²) in [5, 5.41) is 0.108. The molecule has 0 radical (unpaired) electrons. The number of halogens is 2. The highest BCUT2D eigenvalue weighted by molar-refractivity contribution is 7.89. The summed E-state index contributed by atoms with van der Waals surface area (Å²) in [5.41, 5.74) is 3.68. The summed E-state index contributed by atoms with van der Waals surface area (Å²) >= 11 is 5.58. The van der Waals surface area contributed by atoms with Crippen LogP contribution in [0.4, 0.5) is 10.3 Å². The highest BCUT2D eigenvalue weighted by atomic mass is 35.5. The van der Waals surface area contributed by atoms with Crippen molar-refractivity contribution >= 4 is 27.6 Å². The molecule has 0 fully saturated rings. The fourth-order valence-electron chi connectivity index (χ4n) is 1.64. The lowest BCUT2D eigenvalue weighted by Gasteiger charge is -2.10. The van der Waals surface area contributed by atoms with E-state index in [1.807, 2.05) is 4.83 Å². The summed E-state index contributed by atoms with van der Waals surface area (Å²) in [6.45, 7) is 3.49. The molecular formula is C12H12ClFN4O2S. The molecule has 9 heteroatoms. The predicted molar refractivity (Wildman–Crippen MR) is 76.9 cm³/mol. The zero-order valence-corrected chi connectivity index (χ0v) is 12.8. The molecule has 0 aliphatic heterocycles. The number of nitrogens with one attached hydrogen (secondary N) is 2. The normalized spacial score (nSPS) is 11.4. The summed E-state index contributed by atoms with van der Waals surface area (Å²) in [7, 11) is -4.11. The zero-order chi connectivity index (χ0) is 15.6. The topological polar surface area (TPSA) is 84.0 Å². The van der Waals surface area contributed by atoms with Crippen LogP contribution in [0.15, 0.2) is 29.2 Å². The monoisotopic (exact) mass is 330 g/mol. The van der Waals surface area contributed by atoms with Crippen LogP contribution in [-0.2, 0) is 10.0 Å². The SMILES string of the molecule is Cc1cc(C)nc(NNS(=O)(=O)c2ccc(Cl)cc2F)n1. The van der Waals surface area contributed by atoms with Crippen LogP contribution in [-0.4, -0.2) is 18.4 Å². The van der Waals surface area contributed by atoms with Gasteiger partial charge in [0.1, 0.15) is 10.7 Å². The number of rotatable bonds is 4. The Kier molecular flexibility index (Phi) is 4.40. The molecule has 0 spiro atoms. The average Bonchev–Trinajstić information content (AvgIpc) is 2.35. The molecule has 0 saturated carbocycles. The van der Waals surface area contributed by atoms with Gasteiger partial charge in [-0.15, -0.1) is 4.83 Å². The molecule has 2 rings (SSSR count). The Labute approximate surface area is 126 Å². The first-order valence-electron chi connectivity index (χ1n) is 5.83. The predicted octanol–water partition coefficient (Wildman–Crippen LogP) is 2.19. The molecule has 0 saturated heterocycles. The molecule has 1 aromatic carbocycles. The maximum Gasteiger partial charge on any atom is 0.260 e. The van der Waals surface area contributed by atoms with Gasteiger partial charge < -0.3 is 0 Å². The van der Waals surface area contributed by atoms with Gasteiger partial charge in [-0.2, -0.15) is 0 Å². The third-order valence-electron chi connectivity index (χ3n) is 2.46. The second-order valence-corrected chi connectivity index (χ2v) is 6.37. The lowest BCUT2D eigenvalue weighted by molar-refractivity contribution is 0.561. The molecule has 6 nitrogen and oxygen atoms in total. The second kappa shape index (κ2) is 5.92.